The van der Waals surface area contributed by atoms with Crippen molar-refractivity contribution in [2.45, 2.75) is 68.3 Å². The number of hydrogen-bond donors (Lipinski definition) is 8. The zero-order valence-electron chi connectivity index (χ0n) is 21.5. The Morgan fingerprint density at radius 2 is 1.51 bits per heavy atom. The highest BCUT2D eigenvalue weighted by Gasteiger charge is 2.50. The van der Waals surface area contributed by atoms with Crippen LogP contribution in [0.3, 0.4) is 0 Å². The van der Waals surface area contributed by atoms with Crippen molar-refractivity contribution in [2.24, 2.45) is 0 Å². The number of aromatic hydroxyl groups is 2. The van der Waals surface area contributed by atoms with Crippen molar-refractivity contribution in [1.82, 2.24) is 0 Å². The van der Waals surface area contributed by atoms with Crippen LogP contribution >= 0.6 is 0 Å². The number of fused-ring (bicyclic) bond motifs is 1. The second kappa shape index (κ2) is 11.5. The third-order valence-corrected chi connectivity index (χ3v) is 7.11. The second-order valence-electron chi connectivity index (χ2n) is 9.94. The molecule has 5 rings (SSSR count). The van der Waals surface area contributed by atoms with Gasteiger partial charge in [0.25, 0.3) is 0 Å². The zero-order chi connectivity index (χ0) is 29.6. The van der Waals surface area contributed by atoms with E-state index in [0.29, 0.717) is 5.56 Å². The van der Waals surface area contributed by atoms with E-state index in [9.17, 15) is 45.6 Å². The number of phenolic OH excluding ortho intramolecular Hbond substituents is 2. The van der Waals surface area contributed by atoms with Gasteiger partial charge in [-0.05, 0) is 31.2 Å². The van der Waals surface area contributed by atoms with E-state index in [1.165, 1.54) is 43.3 Å². The Balaban J connectivity index is 1.37. The molecule has 10 atom stereocenters. The molecule has 2 aliphatic rings. The minimum atomic E-state index is -1.79. The van der Waals surface area contributed by atoms with Crippen LogP contribution in [0.15, 0.2) is 51.7 Å². The van der Waals surface area contributed by atoms with Gasteiger partial charge in [0, 0.05) is 23.8 Å². The van der Waals surface area contributed by atoms with Gasteiger partial charge in [0.2, 0.25) is 6.29 Å². The van der Waals surface area contributed by atoms with Crippen LogP contribution in [-0.2, 0) is 14.2 Å². The van der Waals surface area contributed by atoms with Crippen LogP contribution in [0, 0.1) is 0 Å². The molecule has 222 valence electrons. The Kier molecular flexibility index (Phi) is 8.20. The van der Waals surface area contributed by atoms with Gasteiger partial charge in [0.1, 0.15) is 76.7 Å². The minimum Gasteiger partial charge on any atom is -0.508 e. The number of rotatable bonds is 6. The second-order valence-corrected chi connectivity index (χ2v) is 9.94. The average Bonchev–Trinajstić information content (AvgIpc) is 2.94. The first-order valence-corrected chi connectivity index (χ1v) is 12.7. The van der Waals surface area contributed by atoms with Gasteiger partial charge in [-0.2, -0.15) is 0 Å². The Morgan fingerprint density at radius 1 is 0.829 bits per heavy atom. The number of ether oxygens (including phenoxy) is 4. The molecule has 8 N–H and O–H groups in total. The van der Waals surface area contributed by atoms with E-state index in [1.807, 2.05) is 0 Å². The summed E-state index contributed by atoms with van der Waals surface area (Å²) in [5.41, 5.74) is -0.149. The van der Waals surface area contributed by atoms with Crippen LogP contribution in [0.4, 0.5) is 0 Å². The summed E-state index contributed by atoms with van der Waals surface area (Å²) in [5, 5.41) is 81.6. The van der Waals surface area contributed by atoms with Gasteiger partial charge in [-0.15, -0.1) is 0 Å². The third kappa shape index (κ3) is 5.61. The van der Waals surface area contributed by atoms with Crippen LogP contribution in [0.1, 0.15) is 6.92 Å². The quantitative estimate of drug-likeness (QED) is 0.174. The number of hydrogen-bond acceptors (Lipinski definition) is 14. The molecular formula is C27H30O14. The summed E-state index contributed by atoms with van der Waals surface area (Å²) in [6.07, 6.45) is -15.1. The molecule has 14 heteroatoms. The summed E-state index contributed by atoms with van der Waals surface area (Å²) in [6, 6.07) is 9.40. The molecule has 0 spiro atoms. The van der Waals surface area contributed by atoms with Gasteiger partial charge >= 0.3 is 0 Å². The Morgan fingerprint density at radius 3 is 2.20 bits per heavy atom. The summed E-state index contributed by atoms with van der Waals surface area (Å²) in [7, 11) is 0. The maximum atomic E-state index is 12.7. The SMILES string of the molecule is CC1OC(OC2C(CO)OC(Oc3cc(O)c4c(=O)cc(-c5ccc(O)cc5)oc4c3)C(O)C2O)C(O)C(O)C1O. The number of benzene rings is 2. The molecular weight excluding hydrogens is 548 g/mol. The average molecular weight is 579 g/mol. The first-order chi connectivity index (χ1) is 19.5. The Labute approximate surface area is 231 Å². The van der Waals surface area contributed by atoms with Crippen LogP contribution in [-0.4, -0.2) is 109 Å². The number of aliphatic hydroxyl groups is 6. The molecule has 14 nitrogen and oxygen atoms in total. The van der Waals surface area contributed by atoms with Gasteiger partial charge < -0.3 is 64.2 Å². The predicted molar refractivity (Wildman–Crippen MR) is 137 cm³/mol. The van der Waals surface area contributed by atoms with Crippen molar-refractivity contribution < 1.29 is 64.2 Å². The maximum absolute atomic E-state index is 12.7. The summed E-state index contributed by atoms with van der Waals surface area (Å²) in [4.78, 5) is 12.7. The van der Waals surface area contributed by atoms with Crippen LogP contribution in [0.5, 0.6) is 17.2 Å². The van der Waals surface area contributed by atoms with E-state index < -0.39 is 79.2 Å². The van der Waals surface area contributed by atoms with Gasteiger partial charge in [-0.1, -0.05) is 0 Å². The minimum absolute atomic E-state index is 0.0145. The summed E-state index contributed by atoms with van der Waals surface area (Å²) in [5.74, 6) is -0.457. The topological polar surface area (TPSA) is 229 Å². The van der Waals surface area contributed by atoms with Gasteiger partial charge in [0.05, 0.1) is 12.7 Å². The lowest BCUT2D eigenvalue weighted by Gasteiger charge is -2.45. The summed E-state index contributed by atoms with van der Waals surface area (Å²) < 4.78 is 28.0. The lowest BCUT2D eigenvalue weighted by molar-refractivity contribution is -0.349. The lowest BCUT2D eigenvalue weighted by atomic mass is 9.97. The van der Waals surface area contributed by atoms with Gasteiger partial charge in [0.15, 0.2) is 11.7 Å². The molecule has 0 saturated carbocycles. The first-order valence-electron chi connectivity index (χ1n) is 12.7. The fourth-order valence-corrected chi connectivity index (χ4v) is 4.81. The normalized spacial score (nSPS) is 34.0. The molecule has 10 unspecified atom stereocenters. The monoisotopic (exact) mass is 578 g/mol. The highest BCUT2D eigenvalue weighted by molar-refractivity contribution is 5.86. The van der Waals surface area contributed by atoms with E-state index >= 15 is 0 Å². The summed E-state index contributed by atoms with van der Waals surface area (Å²) >= 11 is 0. The smallest absolute Gasteiger partial charge is 0.229 e. The molecule has 2 aromatic carbocycles. The predicted octanol–water partition coefficient (Wildman–Crippen LogP) is -1.10. The van der Waals surface area contributed by atoms with E-state index in [0.717, 1.165) is 6.07 Å². The Hall–Kier alpha value is -3.31. The van der Waals surface area contributed by atoms with E-state index in [-0.39, 0.29) is 28.2 Å². The molecule has 2 aliphatic heterocycles. The molecule has 0 radical (unpaired) electrons. The van der Waals surface area contributed by atoms with Crippen molar-refractivity contribution in [3.05, 3.63) is 52.7 Å². The molecule has 2 fully saturated rings. The van der Waals surface area contributed by atoms with E-state index in [1.54, 1.807) is 0 Å². The lowest BCUT2D eigenvalue weighted by Crippen LogP contribution is -2.64. The number of phenols is 2. The van der Waals surface area contributed by atoms with Crippen LogP contribution < -0.4 is 10.2 Å². The van der Waals surface area contributed by atoms with Crippen molar-refractivity contribution in [2.75, 3.05) is 6.61 Å². The number of aliphatic hydroxyl groups excluding tert-OH is 6. The molecule has 3 heterocycles. The van der Waals surface area contributed by atoms with E-state index in [2.05, 4.69) is 0 Å². The molecule has 0 aliphatic carbocycles. The molecule has 0 bridgehead atoms. The van der Waals surface area contributed by atoms with Crippen molar-refractivity contribution in [3.63, 3.8) is 0 Å². The van der Waals surface area contributed by atoms with Crippen molar-refractivity contribution in [3.8, 4) is 28.6 Å². The zero-order valence-corrected chi connectivity index (χ0v) is 21.5. The first kappa shape index (κ1) is 29.2. The highest BCUT2D eigenvalue weighted by Crippen LogP contribution is 2.34. The van der Waals surface area contributed by atoms with E-state index in [4.69, 9.17) is 23.4 Å². The van der Waals surface area contributed by atoms with Gasteiger partial charge in [-0.3, -0.25) is 4.79 Å². The Bertz CT molecular complexity index is 1420. The maximum Gasteiger partial charge on any atom is 0.229 e. The largest absolute Gasteiger partial charge is 0.508 e. The summed E-state index contributed by atoms with van der Waals surface area (Å²) in [6.45, 7) is 0.701. The fourth-order valence-electron chi connectivity index (χ4n) is 4.81. The molecule has 41 heavy (non-hydrogen) atoms. The van der Waals surface area contributed by atoms with Crippen molar-refractivity contribution in [1.29, 1.82) is 0 Å². The third-order valence-electron chi connectivity index (χ3n) is 7.11. The van der Waals surface area contributed by atoms with Crippen molar-refractivity contribution >= 4 is 11.0 Å². The van der Waals surface area contributed by atoms with Gasteiger partial charge in [-0.25, -0.2) is 0 Å². The molecule has 3 aromatic rings. The van der Waals surface area contributed by atoms with Crippen LogP contribution in [0.2, 0.25) is 0 Å². The highest BCUT2D eigenvalue weighted by atomic mass is 16.7. The standard InChI is InChI=1S/C27H30O14/c1-10-20(32)21(33)23(35)26(37-10)41-25-18(9-28)40-27(24(36)22(25)34)38-13-6-14(30)19-15(31)8-16(39-17(19)7-13)11-2-4-12(29)5-3-11/h2-8,10,18,20-30,32-36H,9H2,1H3. The molecule has 1 aromatic heterocycles. The fraction of sp³-hybridized carbons (Fsp3) is 0.444. The molecule has 0 amide bonds. The molecule has 2 saturated heterocycles. The van der Waals surface area contributed by atoms with Crippen LogP contribution in [0.25, 0.3) is 22.3 Å².